The van der Waals surface area contributed by atoms with Crippen LogP contribution in [0.2, 0.25) is 5.02 Å². The number of halogens is 1. The van der Waals surface area contributed by atoms with Gasteiger partial charge in [-0.05, 0) is 43.3 Å². The highest BCUT2D eigenvalue weighted by Gasteiger charge is 2.20. The van der Waals surface area contributed by atoms with Crippen molar-refractivity contribution in [2.75, 3.05) is 5.32 Å². The zero-order valence-electron chi connectivity index (χ0n) is 17.9. The Kier molecular flexibility index (Phi) is 6.03. The molecule has 0 aliphatic heterocycles. The van der Waals surface area contributed by atoms with Crippen LogP contribution >= 0.6 is 11.6 Å². The summed E-state index contributed by atoms with van der Waals surface area (Å²) in [6.45, 7) is 1.72. The lowest BCUT2D eigenvalue weighted by Crippen LogP contribution is -2.23. The molecule has 0 atom stereocenters. The minimum atomic E-state index is -0.709. The molecule has 8 heteroatoms. The number of nitrogens with one attached hydrogen (secondary N) is 1. The van der Waals surface area contributed by atoms with E-state index in [-0.39, 0.29) is 11.3 Å². The number of hydrogen-bond donors (Lipinski definition) is 1. The molecule has 0 fully saturated rings. The molecule has 2 aromatic heterocycles. The topological polar surface area (TPSA) is 93.0 Å². The van der Waals surface area contributed by atoms with E-state index in [9.17, 15) is 14.9 Å². The Morgan fingerprint density at radius 3 is 2.48 bits per heavy atom. The van der Waals surface area contributed by atoms with Crippen molar-refractivity contribution in [3.05, 3.63) is 99.1 Å². The molecule has 4 aromatic rings. The second kappa shape index (κ2) is 9.07. The summed E-state index contributed by atoms with van der Waals surface area (Å²) in [5, 5.41) is 12.7. The highest BCUT2D eigenvalue weighted by atomic mass is 35.5. The van der Waals surface area contributed by atoms with E-state index in [1.165, 1.54) is 10.8 Å². The second-order valence-electron chi connectivity index (χ2n) is 7.24. The number of amides is 1. The summed E-state index contributed by atoms with van der Waals surface area (Å²) in [5.74, 6) is 0.108. The number of benzene rings is 2. The number of hydrogen-bond acceptors (Lipinski definition) is 4. The number of para-hydroxylation sites is 1. The molecule has 0 saturated heterocycles. The van der Waals surface area contributed by atoms with Gasteiger partial charge < -0.3 is 9.73 Å². The molecule has 2 aromatic carbocycles. The number of carbonyl (C=O) groups excluding carboxylic acids is 1. The molecular weight excluding hydrogens is 440 g/mol. The third-order valence-corrected chi connectivity index (χ3v) is 5.54. The number of anilines is 1. The number of nitrogens with zero attached hydrogens (tertiary/aromatic N) is 3. The first-order valence-electron chi connectivity index (χ1n) is 10.0. The van der Waals surface area contributed by atoms with Crippen LogP contribution in [0.25, 0.3) is 23.1 Å². The highest BCUT2D eigenvalue weighted by molar-refractivity contribution is 6.33. The van der Waals surface area contributed by atoms with Gasteiger partial charge in [-0.25, -0.2) is 4.68 Å². The van der Waals surface area contributed by atoms with Crippen molar-refractivity contribution in [3.8, 4) is 23.1 Å². The van der Waals surface area contributed by atoms with Gasteiger partial charge in [-0.2, -0.15) is 5.26 Å². The van der Waals surface area contributed by atoms with Crippen molar-refractivity contribution < 1.29 is 9.21 Å². The Labute approximate surface area is 194 Å². The van der Waals surface area contributed by atoms with Crippen LogP contribution in [0.15, 0.2) is 81.5 Å². The third kappa shape index (κ3) is 4.25. The summed E-state index contributed by atoms with van der Waals surface area (Å²) >= 11 is 6.20. The highest BCUT2D eigenvalue weighted by Crippen LogP contribution is 2.29. The molecule has 164 valence electrons. The van der Waals surface area contributed by atoms with E-state index in [2.05, 4.69) is 5.32 Å². The SMILES string of the molecule is Cc1c(NC(=O)/C(C#N)=C\c2ccc(-c3ccccc3Cl)o2)c(=O)n(-c2ccccc2)n1C. The molecule has 7 nitrogen and oxygen atoms in total. The molecule has 0 aliphatic carbocycles. The van der Waals surface area contributed by atoms with Crippen molar-refractivity contribution in [1.82, 2.24) is 9.36 Å². The Morgan fingerprint density at radius 2 is 1.79 bits per heavy atom. The van der Waals surface area contributed by atoms with Gasteiger partial charge in [0.15, 0.2) is 0 Å². The van der Waals surface area contributed by atoms with Gasteiger partial charge in [0.1, 0.15) is 28.9 Å². The molecule has 0 spiro atoms. The van der Waals surface area contributed by atoms with Gasteiger partial charge in [-0.1, -0.05) is 41.9 Å². The van der Waals surface area contributed by atoms with Gasteiger partial charge in [0, 0.05) is 18.7 Å². The standard InChI is InChI=1S/C25H19ClN4O3/c1-16-23(25(32)30(29(16)2)18-8-4-3-5-9-18)28-24(31)17(15-27)14-19-12-13-22(33-19)20-10-6-7-11-21(20)26/h3-14H,1-2H3,(H,28,31)/b17-14-. The average Bonchev–Trinajstić information content (AvgIpc) is 3.37. The smallest absolute Gasteiger partial charge is 0.295 e. The fourth-order valence-corrected chi connectivity index (χ4v) is 3.65. The van der Waals surface area contributed by atoms with Crippen molar-refractivity contribution in [2.45, 2.75) is 6.92 Å². The van der Waals surface area contributed by atoms with Crippen LogP contribution in [0.3, 0.4) is 0 Å². The lowest BCUT2D eigenvalue weighted by atomic mass is 10.2. The van der Waals surface area contributed by atoms with E-state index >= 15 is 0 Å². The van der Waals surface area contributed by atoms with E-state index in [1.807, 2.05) is 42.5 Å². The Bertz CT molecular complexity index is 1470. The molecule has 4 rings (SSSR count). The summed E-state index contributed by atoms with van der Waals surface area (Å²) in [6.07, 6.45) is 1.32. The Morgan fingerprint density at radius 1 is 1.09 bits per heavy atom. The first-order chi connectivity index (χ1) is 15.9. The number of furan rings is 1. The summed E-state index contributed by atoms with van der Waals surface area (Å²) in [6, 6.07) is 21.5. The second-order valence-corrected chi connectivity index (χ2v) is 7.65. The Balaban J connectivity index is 1.63. The van der Waals surface area contributed by atoms with E-state index in [1.54, 1.807) is 49.0 Å². The van der Waals surface area contributed by atoms with E-state index < -0.39 is 11.5 Å². The predicted octanol–water partition coefficient (Wildman–Crippen LogP) is 4.94. The average molecular weight is 459 g/mol. The number of carbonyl (C=O) groups is 1. The molecule has 2 heterocycles. The zero-order valence-corrected chi connectivity index (χ0v) is 18.6. The van der Waals surface area contributed by atoms with Crippen molar-refractivity contribution >= 4 is 29.3 Å². The lowest BCUT2D eigenvalue weighted by Gasteiger charge is -2.07. The maximum Gasteiger partial charge on any atom is 0.295 e. The van der Waals surface area contributed by atoms with Crippen LogP contribution in [-0.4, -0.2) is 15.3 Å². The van der Waals surface area contributed by atoms with Gasteiger partial charge in [-0.15, -0.1) is 0 Å². The fraction of sp³-hybridized carbons (Fsp3) is 0.0800. The number of nitriles is 1. The molecule has 1 amide bonds. The molecular formula is C25H19ClN4O3. The lowest BCUT2D eigenvalue weighted by molar-refractivity contribution is -0.112. The fourth-order valence-electron chi connectivity index (χ4n) is 3.42. The molecule has 0 unspecified atom stereocenters. The van der Waals surface area contributed by atoms with Crippen LogP contribution in [0.4, 0.5) is 5.69 Å². The number of rotatable bonds is 5. The summed E-state index contributed by atoms with van der Waals surface area (Å²) < 4.78 is 8.84. The van der Waals surface area contributed by atoms with Crippen LogP contribution < -0.4 is 10.9 Å². The minimum Gasteiger partial charge on any atom is -0.457 e. The van der Waals surface area contributed by atoms with Gasteiger partial charge in [-0.3, -0.25) is 14.3 Å². The molecule has 33 heavy (non-hydrogen) atoms. The van der Waals surface area contributed by atoms with Crippen LogP contribution in [0.1, 0.15) is 11.5 Å². The van der Waals surface area contributed by atoms with Gasteiger partial charge in [0.25, 0.3) is 11.5 Å². The zero-order chi connectivity index (χ0) is 23.5. The van der Waals surface area contributed by atoms with Gasteiger partial charge in [0.2, 0.25) is 0 Å². The minimum absolute atomic E-state index is 0.101. The summed E-state index contributed by atoms with van der Waals surface area (Å²) in [4.78, 5) is 25.8. The predicted molar refractivity (Wildman–Crippen MR) is 127 cm³/mol. The monoisotopic (exact) mass is 458 g/mol. The molecule has 0 aliphatic rings. The van der Waals surface area contributed by atoms with Crippen LogP contribution in [-0.2, 0) is 11.8 Å². The normalized spacial score (nSPS) is 11.3. The summed E-state index contributed by atoms with van der Waals surface area (Å²) in [5.41, 5.74) is 1.41. The third-order valence-electron chi connectivity index (χ3n) is 5.21. The molecule has 0 radical (unpaired) electrons. The van der Waals surface area contributed by atoms with Gasteiger partial charge in [0.05, 0.1) is 16.4 Å². The van der Waals surface area contributed by atoms with Crippen LogP contribution in [0.5, 0.6) is 0 Å². The summed E-state index contributed by atoms with van der Waals surface area (Å²) in [7, 11) is 1.72. The van der Waals surface area contributed by atoms with Crippen molar-refractivity contribution in [1.29, 1.82) is 5.26 Å². The van der Waals surface area contributed by atoms with E-state index in [0.29, 0.717) is 33.5 Å². The largest absolute Gasteiger partial charge is 0.457 e. The first-order valence-corrected chi connectivity index (χ1v) is 10.4. The van der Waals surface area contributed by atoms with Crippen LogP contribution in [0, 0.1) is 18.3 Å². The van der Waals surface area contributed by atoms with Crippen molar-refractivity contribution in [3.63, 3.8) is 0 Å². The van der Waals surface area contributed by atoms with Gasteiger partial charge >= 0.3 is 0 Å². The van der Waals surface area contributed by atoms with E-state index in [4.69, 9.17) is 16.0 Å². The molecule has 1 N–H and O–H groups in total. The first kappa shape index (κ1) is 21.9. The molecule has 0 bridgehead atoms. The molecule has 0 saturated carbocycles. The maximum absolute atomic E-state index is 13.0. The van der Waals surface area contributed by atoms with Crippen molar-refractivity contribution in [2.24, 2.45) is 7.05 Å². The number of aromatic nitrogens is 2. The quantitative estimate of drug-likeness (QED) is 0.338. The maximum atomic E-state index is 13.0. The Hall–Kier alpha value is -4.28. The van der Waals surface area contributed by atoms with E-state index in [0.717, 1.165) is 0 Å².